The second-order valence-electron chi connectivity index (χ2n) is 2.81. The van der Waals surface area contributed by atoms with Gasteiger partial charge in [0.15, 0.2) is 0 Å². The molecule has 0 fully saturated rings. The maximum atomic E-state index is 9.69. The van der Waals surface area contributed by atoms with Gasteiger partial charge in [-0.15, -0.1) is 0 Å². The minimum atomic E-state index is -0.961. The van der Waals surface area contributed by atoms with Crippen LogP contribution in [0.2, 0.25) is 0 Å². The van der Waals surface area contributed by atoms with E-state index in [0.717, 1.165) is 0 Å². The Morgan fingerprint density at radius 2 is 2.00 bits per heavy atom. The quantitative estimate of drug-likeness (QED) is 0.430. The fourth-order valence-corrected chi connectivity index (χ4v) is 1.14. The van der Waals surface area contributed by atoms with Gasteiger partial charge in [-0.3, -0.25) is 0 Å². The molecule has 0 saturated carbocycles. The third-order valence-corrected chi connectivity index (χ3v) is 1.89. The van der Waals surface area contributed by atoms with Crippen molar-refractivity contribution in [2.75, 3.05) is 6.61 Å². The zero-order valence-electron chi connectivity index (χ0n) is 7.48. The van der Waals surface area contributed by atoms with Gasteiger partial charge >= 0.3 is 0 Å². The molecule has 14 heavy (non-hydrogen) atoms. The molecule has 0 amide bonds. The molecule has 0 unspecified atom stereocenters. The van der Waals surface area contributed by atoms with Crippen LogP contribution in [0, 0.1) is 0 Å². The van der Waals surface area contributed by atoms with Gasteiger partial charge in [-0.05, 0) is 11.1 Å². The van der Waals surface area contributed by atoms with E-state index in [4.69, 9.17) is 10.6 Å². The normalized spacial score (nSPS) is 14.1. The highest BCUT2D eigenvalue weighted by molar-refractivity contribution is 5.18. The molecule has 2 atom stereocenters. The van der Waals surface area contributed by atoms with Crippen molar-refractivity contribution in [3.63, 3.8) is 0 Å². The van der Waals surface area contributed by atoms with Crippen molar-refractivity contribution < 1.29 is 10.2 Å². The van der Waals surface area contributed by atoms with Gasteiger partial charge in [0.05, 0.1) is 18.8 Å². The summed E-state index contributed by atoms with van der Waals surface area (Å²) in [5.41, 5.74) is 8.82. The Labute approximate surface area is 81.2 Å². The van der Waals surface area contributed by atoms with Crippen LogP contribution in [0.25, 0.3) is 10.4 Å². The van der Waals surface area contributed by atoms with Gasteiger partial charge in [-0.2, -0.15) is 0 Å². The summed E-state index contributed by atoms with van der Waals surface area (Å²) in [5.74, 6) is 0. The Bertz CT molecular complexity index is 322. The summed E-state index contributed by atoms with van der Waals surface area (Å²) in [7, 11) is 0. The highest BCUT2D eigenvalue weighted by atomic mass is 16.3. The van der Waals surface area contributed by atoms with Crippen LogP contribution in [0.3, 0.4) is 0 Å². The predicted octanol–water partition coefficient (Wildman–Crippen LogP) is 1.39. The lowest BCUT2D eigenvalue weighted by Gasteiger charge is -2.15. The first-order valence-corrected chi connectivity index (χ1v) is 4.17. The third-order valence-electron chi connectivity index (χ3n) is 1.89. The third kappa shape index (κ3) is 2.47. The highest BCUT2D eigenvalue weighted by Crippen LogP contribution is 2.18. The van der Waals surface area contributed by atoms with E-state index in [1.807, 2.05) is 6.07 Å². The predicted molar refractivity (Wildman–Crippen MR) is 51.4 cm³/mol. The Kier molecular flexibility index (Phi) is 3.94. The lowest BCUT2D eigenvalue weighted by atomic mass is 10.0. The minimum Gasteiger partial charge on any atom is -0.396 e. The summed E-state index contributed by atoms with van der Waals surface area (Å²) in [4.78, 5) is 2.56. The van der Waals surface area contributed by atoms with Crippen LogP contribution in [0.1, 0.15) is 11.7 Å². The van der Waals surface area contributed by atoms with E-state index in [1.54, 1.807) is 24.3 Å². The average molecular weight is 193 g/mol. The summed E-state index contributed by atoms with van der Waals surface area (Å²) in [6, 6.07) is 7.94. The molecule has 0 saturated heterocycles. The molecule has 5 heteroatoms. The zero-order chi connectivity index (χ0) is 10.4. The minimum absolute atomic E-state index is 0.375. The first kappa shape index (κ1) is 10.5. The van der Waals surface area contributed by atoms with Crippen molar-refractivity contribution in [1.82, 2.24) is 0 Å². The summed E-state index contributed by atoms with van der Waals surface area (Å²) >= 11 is 0. The number of hydrogen-bond acceptors (Lipinski definition) is 3. The Morgan fingerprint density at radius 3 is 2.50 bits per heavy atom. The van der Waals surface area contributed by atoms with Crippen LogP contribution in [0.15, 0.2) is 35.4 Å². The van der Waals surface area contributed by atoms with Gasteiger partial charge in [0.1, 0.15) is 0 Å². The largest absolute Gasteiger partial charge is 0.396 e. The fraction of sp³-hybridized carbons (Fsp3) is 0.333. The molecule has 0 aliphatic carbocycles. The molecule has 0 aliphatic rings. The van der Waals surface area contributed by atoms with Crippen molar-refractivity contribution in [3.8, 4) is 0 Å². The molecule has 0 spiro atoms. The van der Waals surface area contributed by atoms with Gasteiger partial charge in [0, 0.05) is 4.91 Å². The molecule has 0 aliphatic heterocycles. The van der Waals surface area contributed by atoms with E-state index in [0.29, 0.717) is 5.56 Å². The van der Waals surface area contributed by atoms with E-state index < -0.39 is 12.1 Å². The van der Waals surface area contributed by atoms with Crippen LogP contribution in [-0.2, 0) is 0 Å². The van der Waals surface area contributed by atoms with Gasteiger partial charge in [-0.1, -0.05) is 35.4 Å². The van der Waals surface area contributed by atoms with Crippen molar-refractivity contribution in [2.24, 2.45) is 5.11 Å². The van der Waals surface area contributed by atoms with E-state index in [2.05, 4.69) is 10.0 Å². The van der Waals surface area contributed by atoms with Crippen LogP contribution < -0.4 is 0 Å². The lowest BCUT2D eigenvalue weighted by molar-refractivity contribution is 0.109. The number of hydrogen-bond donors (Lipinski definition) is 2. The van der Waals surface area contributed by atoms with Gasteiger partial charge in [0.2, 0.25) is 0 Å². The summed E-state index contributed by atoms with van der Waals surface area (Å²) in [5, 5.41) is 21.9. The van der Waals surface area contributed by atoms with Gasteiger partial charge in [0.25, 0.3) is 0 Å². The molecule has 1 aromatic rings. The molecular weight excluding hydrogens is 182 g/mol. The van der Waals surface area contributed by atoms with Crippen LogP contribution in [-0.4, -0.2) is 22.9 Å². The molecule has 0 heterocycles. The van der Waals surface area contributed by atoms with Gasteiger partial charge in [-0.25, -0.2) is 0 Å². The molecular formula is C9H11N3O2. The second-order valence-corrected chi connectivity index (χ2v) is 2.81. The molecule has 0 aromatic heterocycles. The van der Waals surface area contributed by atoms with E-state index >= 15 is 0 Å². The molecule has 0 radical (unpaired) electrons. The maximum Gasteiger partial charge on any atom is 0.0906 e. The van der Waals surface area contributed by atoms with Crippen molar-refractivity contribution in [2.45, 2.75) is 12.1 Å². The Hall–Kier alpha value is -1.55. The molecule has 2 N–H and O–H groups in total. The summed E-state index contributed by atoms with van der Waals surface area (Å²) in [6.07, 6.45) is -0.961. The van der Waals surface area contributed by atoms with Crippen molar-refractivity contribution in [1.29, 1.82) is 0 Å². The van der Waals surface area contributed by atoms with E-state index in [1.165, 1.54) is 0 Å². The van der Waals surface area contributed by atoms with E-state index in [9.17, 15) is 5.11 Å². The van der Waals surface area contributed by atoms with Crippen LogP contribution in [0.5, 0.6) is 0 Å². The standard InChI is InChI=1S/C9H11N3O2/c10-12-11-8(6-13)9(14)7-4-2-1-3-5-7/h1-5,8-9,13-14H,6H2/t8-,9+/m0/s1. The van der Waals surface area contributed by atoms with Crippen LogP contribution >= 0.6 is 0 Å². The summed E-state index contributed by atoms with van der Waals surface area (Å²) < 4.78 is 0. The number of rotatable bonds is 4. The molecule has 0 bridgehead atoms. The van der Waals surface area contributed by atoms with Gasteiger partial charge < -0.3 is 10.2 Å². The topological polar surface area (TPSA) is 89.2 Å². The monoisotopic (exact) mass is 193 g/mol. The van der Waals surface area contributed by atoms with E-state index in [-0.39, 0.29) is 6.61 Å². The fourth-order valence-electron chi connectivity index (χ4n) is 1.14. The number of nitrogens with zero attached hydrogens (tertiary/aromatic N) is 3. The van der Waals surface area contributed by atoms with Crippen molar-refractivity contribution in [3.05, 3.63) is 46.3 Å². The Balaban J connectivity index is 2.82. The second kappa shape index (κ2) is 5.24. The number of benzene rings is 1. The average Bonchev–Trinajstić information content (AvgIpc) is 2.26. The Morgan fingerprint density at radius 1 is 1.36 bits per heavy atom. The van der Waals surface area contributed by atoms with Crippen LogP contribution in [0.4, 0.5) is 0 Å². The molecule has 74 valence electrons. The lowest BCUT2D eigenvalue weighted by Crippen LogP contribution is -2.19. The molecule has 1 rings (SSSR count). The maximum absolute atomic E-state index is 9.69. The van der Waals surface area contributed by atoms with Crippen molar-refractivity contribution >= 4 is 0 Å². The first-order valence-electron chi connectivity index (χ1n) is 4.17. The molecule has 1 aromatic carbocycles. The number of azide groups is 1. The highest BCUT2D eigenvalue weighted by Gasteiger charge is 2.18. The zero-order valence-corrected chi connectivity index (χ0v) is 7.48. The molecule has 5 nitrogen and oxygen atoms in total. The number of aliphatic hydroxyl groups is 2. The summed E-state index contributed by atoms with van der Waals surface area (Å²) in [6.45, 7) is -0.375. The number of aliphatic hydroxyl groups excluding tert-OH is 2. The smallest absolute Gasteiger partial charge is 0.0906 e. The first-order chi connectivity index (χ1) is 6.79. The SMILES string of the molecule is [N-]=[N+]=N[C@@H](CO)[C@H](O)c1ccccc1.